The average molecular weight is 251 g/mol. The second-order valence-electron chi connectivity index (χ2n) is 4.01. The van der Waals surface area contributed by atoms with Crippen LogP contribution in [0.4, 0.5) is 5.69 Å². The Morgan fingerprint density at radius 1 is 1.50 bits per heavy atom. The fraction of sp³-hybridized carbons (Fsp3) is 0.417. The fourth-order valence-corrected chi connectivity index (χ4v) is 1.50. The molecule has 6 nitrogen and oxygen atoms in total. The monoisotopic (exact) mass is 251 g/mol. The Hall–Kier alpha value is -2.11. The van der Waals surface area contributed by atoms with E-state index in [2.05, 4.69) is 10.3 Å². The first-order chi connectivity index (χ1) is 8.52. The van der Waals surface area contributed by atoms with E-state index in [1.54, 1.807) is 12.1 Å². The summed E-state index contributed by atoms with van der Waals surface area (Å²) >= 11 is 0. The number of aromatic nitrogens is 1. The van der Waals surface area contributed by atoms with Crippen LogP contribution in [0.1, 0.15) is 25.5 Å². The van der Waals surface area contributed by atoms with Gasteiger partial charge in [-0.3, -0.25) is 9.78 Å². The molecule has 1 rings (SSSR count). The summed E-state index contributed by atoms with van der Waals surface area (Å²) in [6.07, 6.45) is 2.62. The van der Waals surface area contributed by atoms with Gasteiger partial charge < -0.3 is 16.2 Å². The summed E-state index contributed by atoms with van der Waals surface area (Å²) in [5.41, 5.74) is 6.56. The van der Waals surface area contributed by atoms with Crippen LogP contribution in [-0.4, -0.2) is 28.0 Å². The SMILES string of the molecule is CCCC(NC(=O)Cc1ccc(N)cn1)C(=O)O. The van der Waals surface area contributed by atoms with Crippen molar-refractivity contribution in [1.29, 1.82) is 0 Å². The van der Waals surface area contributed by atoms with Crippen LogP contribution in [0.15, 0.2) is 18.3 Å². The molecule has 0 fully saturated rings. The molecule has 18 heavy (non-hydrogen) atoms. The smallest absolute Gasteiger partial charge is 0.326 e. The number of rotatable bonds is 6. The van der Waals surface area contributed by atoms with Crippen molar-refractivity contribution in [1.82, 2.24) is 10.3 Å². The lowest BCUT2D eigenvalue weighted by Gasteiger charge is -2.13. The Morgan fingerprint density at radius 3 is 2.72 bits per heavy atom. The molecule has 1 atom stereocenters. The van der Waals surface area contributed by atoms with Gasteiger partial charge in [0.05, 0.1) is 18.3 Å². The van der Waals surface area contributed by atoms with Gasteiger partial charge >= 0.3 is 5.97 Å². The Kier molecular flexibility index (Phi) is 5.10. The molecule has 1 aromatic heterocycles. The van der Waals surface area contributed by atoms with Crippen LogP contribution in [0, 0.1) is 0 Å². The zero-order valence-electron chi connectivity index (χ0n) is 10.2. The van der Waals surface area contributed by atoms with Gasteiger partial charge in [-0.1, -0.05) is 13.3 Å². The number of aliphatic carboxylic acids is 1. The van der Waals surface area contributed by atoms with Gasteiger partial charge in [-0.05, 0) is 18.6 Å². The van der Waals surface area contributed by atoms with E-state index in [-0.39, 0.29) is 12.3 Å². The van der Waals surface area contributed by atoms with Crippen molar-refractivity contribution >= 4 is 17.6 Å². The molecular weight excluding hydrogens is 234 g/mol. The van der Waals surface area contributed by atoms with E-state index in [9.17, 15) is 9.59 Å². The zero-order chi connectivity index (χ0) is 13.5. The van der Waals surface area contributed by atoms with Crippen LogP contribution in [0.2, 0.25) is 0 Å². The van der Waals surface area contributed by atoms with E-state index < -0.39 is 12.0 Å². The van der Waals surface area contributed by atoms with Crippen LogP contribution in [0.25, 0.3) is 0 Å². The minimum atomic E-state index is -1.02. The predicted octanol–water partition coefficient (Wildman–Crippen LogP) is 0.576. The molecule has 0 saturated heterocycles. The number of carboxylic acid groups (broad SMARTS) is 1. The highest BCUT2D eigenvalue weighted by Gasteiger charge is 2.18. The van der Waals surface area contributed by atoms with Crippen molar-refractivity contribution in [3.8, 4) is 0 Å². The number of carbonyl (C=O) groups excluding carboxylic acids is 1. The molecule has 0 bridgehead atoms. The highest BCUT2D eigenvalue weighted by molar-refractivity contribution is 5.84. The van der Waals surface area contributed by atoms with Gasteiger partial charge in [0, 0.05) is 5.69 Å². The minimum absolute atomic E-state index is 0.0494. The first-order valence-electron chi connectivity index (χ1n) is 5.75. The van der Waals surface area contributed by atoms with Crippen LogP contribution >= 0.6 is 0 Å². The van der Waals surface area contributed by atoms with Crippen molar-refractivity contribution in [3.63, 3.8) is 0 Å². The molecule has 1 aromatic rings. The van der Waals surface area contributed by atoms with Gasteiger partial charge in [0.15, 0.2) is 0 Å². The number of anilines is 1. The normalized spacial score (nSPS) is 11.8. The summed E-state index contributed by atoms with van der Waals surface area (Å²) in [6, 6.07) is 2.46. The molecule has 0 aliphatic rings. The quantitative estimate of drug-likeness (QED) is 0.685. The van der Waals surface area contributed by atoms with Crippen LogP contribution in [0.3, 0.4) is 0 Å². The predicted molar refractivity (Wildman–Crippen MR) is 66.8 cm³/mol. The summed E-state index contributed by atoms with van der Waals surface area (Å²) in [7, 11) is 0. The lowest BCUT2D eigenvalue weighted by atomic mass is 10.1. The first kappa shape index (κ1) is 14.0. The standard InChI is InChI=1S/C12H17N3O3/c1-2-3-10(12(17)18)15-11(16)6-9-5-4-8(13)7-14-9/h4-5,7,10H,2-3,6,13H2,1H3,(H,15,16)(H,17,18). The van der Waals surface area contributed by atoms with Gasteiger partial charge in [0.1, 0.15) is 6.04 Å². The maximum atomic E-state index is 11.6. The highest BCUT2D eigenvalue weighted by Crippen LogP contribution is 2.03. The number of nitrogen functional groups attached to an aromatic ring is 1. The number of carboxylic acids is 1. The van der Waals surface area contributed by atoms with Gasteiger partial charge in [0.2, 0.25) is 5.91 Å². The van der Waals surface area contributed by atoms with Crippen molar-refractivity contribution in [2.75, 3.05) is 5.73 Å². The molecule has 1 heterocycles. The molecule has 0 spiro atoms. The second-order valence-corrected chi connectivity index (χ2v) is 4.01. The number of carbonyl (C=O) groups is 2. The molecule has 4 N–H and O–H groups in total. The molecule has 0 saturated carbocycles. The highest BCUT2D eigenvalue weighted by atomic mass is 16.4. The van der Waals surface area contributed by atoms with Gasteiger partial charge in [-0.15, -0.1) is 0 Å². The third-order valence-electron chi connectivity index (χ3n) is 2.40. The Bertz CT molecular complexity index is 417. The van der Waals surface area contributed by atoms with Crippen molar-refractivity contribution in [2.45, 2.75) is 32.2 Å². The molecule has 0 aliphatic carbocycles. The third kappa shape index (κ3) is 4.40. The topological polar surface area (TPSA) is 105 Å². The molecule has 0 radical (unpaired) electrons. The molecule has 1 unspecified atom stereocenters. The van der Waals surface area contributed by atoms with Crippen molar-refractivity contribution in [3.05, 3.63) is 24.0 Å². The summed E-state index contributed by atoms with van der Waals surface area (Å²) in [5.74, 6) is -1.37. The maximum absolute atomic E-state index is 11.6. The largest absolute Gasteiger partial charge is 0.480 e. The molecule has 6 heteroatoms. The summed E-state index contributed by atoms with van der Waals surface area (Å²) < 4.78 is 0. The second kappa shape index (κ2) is 6.58. The van der Waals surface area contributed by atoms with Crippen LogP contribution < -0.4 is 11.1 Å². The number of nitrogens with zero attached hydrogens (tertiary/aromatic N) is 1. The number of nitrogens with two attached hydrogens (primary N) is 1. The Balaban J connectivity index is 2.54. The Morgan fingerprint density at radius 2 is 2.22 bits per heavy atom. The van der Waals surface area contributed by atoms with Crippen LogP contribution in [-0.2, 0) is 16.0 Å². The molecule has 1 amide bonds. The van der Waals surface area contributed by atoms with Gasteiger partial charge in [0.25, 0.3) is 0 Å². The maximum Gasteiger partial charge on any atom is 0.326 e. The number of hydrogen-bond acceptors (Lipinski definition) is 4. The van der Waals surface area contributed by atoms with Gasteiger partial charge in [-0.25, -0.2) is 4.79 Å². The van der Waals surface area contributed by atoms with E-state index in [0.717, 1.165) is 0 Å². The third-order valence-corrected chi connectivity index (χ3v) is 2.40. The lowest BCUT2D eigenvalue weighted by molar-refractivity contribution is -0.141. The molecule has 98 valence electrons. The Labute approximate surface area is 105 Å². The van der Waals surface area contributed by atoms with E-state index in [1.807, 2.05) is 6.92 Å². The number of pyridine rings is 1. The number of amides is 1. The van der Waals surface area contributed by atoms with Crippen LogP contribution in [0.5, 0.6) is 0 Å². The zero-order valence-corrected chi connectivity index (χ0v) is 10.2. The molecular formula is C12H17N3O3. The average Bonchev–Trinajstić information content (AvgIpc) is 2.31. The lowest BCUT2D eigenvalue weighted by Crippen LogP contribution is -2.41. The molecule has 0 aromatic carbocycles. The number of nitrogens with one attached hydrogen (secondary N) is 1. The van der Waals surface area contributed by atoms with E-state index in [0.29, 0.717) is 24.2 Å². The van der Waals surface area contributed by atoms with Crippen molar-refractivity contribution in [2.24, 2.45) is 0 Å². The van der Waals surface area contributed by atoms with Gasteiger partial charge in [-0.2, -0.15) is 0 Å². The first-order valence-corrected chi connectivity index (χ1v) is 5.75. The molecule has 0 aliphatic heterocycles. The number of hydrogen-bond donors (Lipinski definition) is 3. The summed E-state index contributed by atoms with van der Waals surface area (Å²) in [6.45, 7) is 1.86. The fourth-order valence-electron chi connectivity index (χ4n) is 1.50. The summed E-state index contributed by atoms with van der Waals surface area (Å²) in [4.78, 5) is 26.5. The minimum Gasteiger partial charge on any atom is -0.480 e. The summed E-state index contributed by atoms with van der Waals surface area (Å²) in [5, 5.41) is 11.4. The van der Waals surface area contributed by atoms with Crippen molar-refractivity contribution < 1.29 is 14.7 Å². The van der Waals surface area contributed by atoms with E-state index in [1.165, 1.54) is 6.20 Å². The van der Waals surface area contributed by atoms with E-state index in [4.69, 9.17) is 10.8 Å². The van der Waals surface area contributed by atoms with E-state index >= 15 is 0 Å².